The van der Waals surface area contributed by atoms with Crippen LogP contribution in [-0.4, -0.2) is 18.7 Å². The van der Waals surface area contributed by atoms with Crippen molar-refractivity contribution in [2.24, 2.45) is 0 Å². The third-order valence-corrected chi connectivity index (χ3v) is 12.4. The first kappa shape index (κ1) is 32.2. The van der Waals surface area contributed by atoms with E-state index >= 15 is 0 Å². The van der Waals surface area contributed by atoms with Gasteiger partial charge in [0.2, 0.25) is 0 Å². The minimum Gasteiger partial charge on any atom is -0.309 e. The highest BCUT2D eigenvalue weighted by Crippen LogP contribution is 2.42. The Labute approximate surface area is 339 Å². The summed E-state index contributed by atoms with van der Waals surface area (Å²) in [5, 5.41) is 12.1. The molecule has 0 saturated heterocycles. The lowest BCUT2D eigenvalue weighted by Gasteiger charge is -2.15. The summed E-state index contributed by atoms with van der Waals surface area (Å²) in [5.41, 5.74) is 11.2. The van der Waals surface area contributed by atoms with Crippen LogP contribution in [0.1, 0.15) is 0 Å². The smallest absolute Gasteiger partial charge is 0.145 e. The molecule has 0 fully saturated rings. The van der Waals surface area contributed by atoms with Gasteiger partial charge in [-0.05, 0) is 82.2 Å². The van der Waals surface area contributed by atoms with Crippen LogP contribution in [0.5, 0.6) is 0 Å². The molecule has 0 radical (unpaired) electrons. The highest BCUT2D eigenvalue weighted by molar-refractivity contribution is 6.24. The van der Waals surface area contributed by atoms with Gasteiger partial charge in [0.25, 0.3) is 0 Å². The van der Waals surface area contributed by atoms with Gasteiger partial charge in [-0.3, -0.25) is 4.57 Å². The van der Waals surface area contributed by atoms with E-state index in [0.29, 0.717) is 0 Å². The van der Waals surface area contributed by atoms with Gasteiger partial charge in [0.15, 0.2) is 0 Å². The predicted molar refractivity (Wildman–Crippen MR) is 248 cm³/mol. The molecule has 0 N–H and O–H groups in total. The number of hydrogen-bond donors (Lipinski definition) is 0. The Bertz CT molecular complexity index is 3840. The zero-order valence-corrected chi connectivity index (χ0v) is 31.9. The van der Waals surface area contributed by atoms with Crippen molar-refractivity contribution in [1.82, 2.24) is 18.7 Å². The number of benzene rings is 10. The Morgan fingerprint density at radius 2 is 0.797 bits per heavy atom. The maximum atomic E-state index is 5.58. The van der Waals surface area contributed by atoms with Crippen LogP contribution in [0, 0.1) is 0 Å². The summed E-state index contributed by atoms with van der Waals surface area (Å²) >= 11 is 0. The average molecular weight is 751 g/mol. The predicted octanol–water partition coefficient (Wildman–Crippen LogP) is 14.3. The van der Waals surface area contributed by atoms with Crippen LogP contribution >= 0.6 is 0 Å². The van der Waals surface area contributed by atoms with E-state index in [2.05, 4.69) is 220 Å². The van der Waals surface area contributed by atoms with E-state index in [4.69, 9.17) is 4.98 Å². The number of para-hydroxylation sites is 3. The largest absolute Gasteiger partial charge is 0.309 e. The van der Waals surface area contributed by atoms with Gasteiger partial charge in [-0.25, -0.2) is 4.98 Å². The van der Waals surface area contributed by atoms with Crippen molar-refractivity contribution >= 4 is 87.0 Å². The van der Waals surface area contributed by atoms with Crippen LogP contribution in [-0.2, 0) is 0 Å². The molecular weight excluding hydrogens is 717 g/mol. The topological polar surface area (TPSA) is 27.7 Å². The first-order valence-corrected chi connectivity index (χ1v) is 20.2. The van der Waals surface area contributed by atoms with Crippen LogP contribution in [0.4, 0.5) is 0 Å². The maximum absolute atomic E-state index is 5.58. The van der Waals surface area contributed by atoms with Crippen LogP contribution in [0.2, 0.25) is 0 Å². The zero-order chi connectivity index (χ0) is 38.6. The van der Waals surface area contributed by atoms with Gasteiger partial charge in [0, 0.05) is 54.9 Å². The monoisotopic (exact) mass is 750 g/mol. The van der Waals surface area contributed by atoms with E-state index in [0.717, 1.165) is 44.9 Å². The van der Waals surface area contributed by atoms with Crippen LogP contribution in [0.3, 0.4) is 0 Å². The summed E-state index contributed by atoms with van der Waals surface area (Å²) in [7, 11) is 0. The lowest BCUT2D eigenvalue weighted by Crippen LogP contribution is -2.01. The van der Waals surface area contributed by atoms with Gasteiger partial charge >= 0.3 is 0 Å². The minimum atomic E-state index is 0.919. The first-order valence-electron chi connectivity index (χ1n) is 20.2. The molecule has 0 amide bonds. The Morgan fingerprint density at radius 3 is 1.49 bits per heavy atom. The zero-order valence-electron chi connectivity index (χ0n) is 31.9. The molecule has 4 heteroatoms. The first-order chi connectivity index (χ1) is 29.3. The lowest BCUT2D eigenvalue weighted by atomic mass is 10.00. The van der Waals surface area contributed by atoms with Gasteiger partial charge in [-0.2, -0.15) is 0 Å². The van der Waals surface area contributed by atoms with E-state index in [1.54, 1.807) is 0 Å². The number of rotatable bonds is 4. The highest BCUT2D eigenvalue weighted by Gasteiger charge is 2.22. The summed E-state index contributed by atoms with van der Waals surface area (Å²) in [6.45, 7) is 0. The van der Waals surface area contributed by atoms with E-state index in [9.17, 15) is 0 Å². The SMILES string of the molecule is c1ccc(-n2c3ccccc3c3cc4c(cc32)c2ccccc2n4-c2cccc(-n3c(-c4ccc5ccccc5c4)nc4c5ccccc5c5ccccc5c43)c2)cc1. The van der Waals surface area contributed by atoms with Crippen molar-refractivity contribution in [2.75, 3.05) is 0 Å². The molecule has 13 aromatic rings. The molecule has 13 rings (SSSR count). The molecule has 0 saturated carbocycles. The molecule has 3 aromatic heterocycles. The van der Waals surface area contributed by atoms with E-state index < -0.39 is 0 Å². The van der Waals surface area contributed by atoms with Crippen molar-refractivity contribution in [3.63, 3.8) is 0 Å². The molecule has 0 spiro atoms. The molecule has 3 heterocycles. The van der Waals surface area contributed by atoms with Crippen molar-refractivity contribution in [3.05, 3.63) is 206 Å². The van der Waals surface area contributed by atoms with E-state index in [-0.39, 0.29) is 0 Å². The Balaban J connectivity index is 1.12. The molecule has 0 aliphatic rings. The number of imidazole rings is 1. The highest BCUT2D eigenvalue weighted by atomic mass is 15.1. The van der Waals surface area contributed by atoms with Crippen molar-refractivity contribution in [1.29, 1.82) is 0 Å². The second-order valence-electron chi connectivity index (χ2n) is 15.6. The molecule has 0 bridgehead atoms. The van der Waals surface area contributed by atoms with Gasteiger partial charge in [-0.1, -0.05) is 146 Å². The molecule has 10 aromatic carbocycles. The summed E-state index contributed by atoms with van der Waals surface area (Å²) in [6.07, 6.45) is 0. The Kier molecular flexibility index (Phi) is 6.69. The fourth-order valence-corrected chi connectivity index (χ4v) is 9.81. The molecule has 0 aliphatic carbocycles. The number of aromatic nitrogens is 4. The Hall–Kier alpha value is -7.95. The van der Waals surface area contributed by atoms with Crippen LogP contribution < -0.4 is 0 Å². The molecule has 0 unspecified atom stereocenters. The van der Waals surface area contributed by atoms with Gasteiger partial charge in [0.1, 0.15) is 5.82 Å². The lowest BCUT2D eigenvalue weighted by molar-refractivity contribution is 1.09. The third-order valence-electron chi connectivity index (χ3n) is 12.4. The van der Waals surface area contributed by atoms with E-state index in [1.165, 1.54) is 70.5 Å². The van der Waals surface area contributed by atoms with Crippen molar-refractivity contribution in [2.45, 2.75) is 0 Å². The molecule has 0 atom stereocenters. The quantitative estimate of drug-likeness (QED) is 0.165. The van der Waals surface area contributed by atoms with Gasteiger partial charge in [0.05, 0.1) is 33.1 Å². The standard InChI is InChI=1S/C55H34N4/c1-2-17-38(18-3-1)57-49-27-12-10-23-43(49)47-34-52-48(33-51(47)57)44-24-11-13-28-50(44)58(52)39-19-14-20-40(32-39)59-54-46-26-9-7-22-42(46)41-21-6-8-25-45(41)53(54)56-55(59)37-30-29-35-15-4-5-16-36(35)31-37/h1-34H. The second kappa shape index (κ2) is 12.3. The normalized spacial score (nSPS) is 12.1. The fourth-order valence-electron chi connectivity index (χ4n) is 9.81. The van der Waals surface area contributed by atoms with Crippen molar-refractivity contribution < 1.29 is 0 Å². The average Bonchev–Trinajstić information content (AvgIpc) is 3.97. The number of nitrogens with zero attached hydrogens (tertiary/aromatic N) is 4. The van der Waals surface area contributed by atoms with Gasteiger partial charge in [-0.15, -0.1) is 0 Å². The summed E-state index contributed by atoms with van der Waals surface area (Å²) in [6, 6.07) is 74.9. The van der Waals surface area contributed by atoms with Gasteiger partial charge < -0.3 is 9.13 Å². The Morgan fingerprint density at radius 1 is 0.288 bits per heavy atom. The second-order valence-corrected chi connectivity index (χ2v) is 15.6. The summed E-state index contributed by atoms with van der Waals surface area (Å²) in [4.78, 5) is 5.58. The molecule has 59 heavy (non-hydrogen) atoms. The minimum absolute atomic E-state index is 0.919. The van der Waals surface area contributed by atoms with Crippen molar-refractivity contribution in [3.8, 4) is 28.5 Å². The molecule has 4 nitrogen and oxygen atoms in total. The number of hydrogen-bond acceptors (Lipinski definition) is 1. The maximum Gasteiger partial charge on any atom is 0.145 e. The van der Waals surface area contributed by atoms with Crippen LogP contribution in [0.15, 0.2) is 206 Å². The summed E-state index contributed by atoms with van der Waals surface area (Å²) in [5.74, 6) is 0.919. The number of fused-ring (bicyclic) bond motifs is 13. The summed E-state index contributed by atoms with van der Waals surface area (Å²) < 4.78 is 7.26. The molecular formula is C55H34N4. The molecule has 0 aliphatic heterocycles. The van der Waals surface area contributed by atoms with Crippen LogP contribution in [0.25, 0.3) is 115 Å². The van der Waals surface area contributed by atoms with E-state index in [1.807, 2.05) is 0 Å². The fraction of sp³-hybridized carbons (Fsp3) is 0. The third kappa shape index (κ3) is 4.63. The molecule has 274 valence electrons.